The van der Waals surface area contributed by atoms with Crippen LogP contribution in [0.15, 0.2) is 35.8 Å². The maximum atomic E-state index is 12.3. The van der Waals surface area contributed by atoms with Gasteiger partial charge in [0.1, 0.15) is 0 Å². The Labute approximate surface area is 153 Å². The van der Waals surface area contributed by atoms with E-state index in [1.165, 1.54) is 10.4 Å². The highest BCUT2D eigenvalue weighted by molar-refractivity contribution is 7.91. The summed E-state index contributed by atoms with van der Waals surface area (Å²) in [6.07, 6.45) is 1.80. The van der Waals surface area contributed by atoms with Gasteiger partial charge in [-0.05, 0) is 36.1 Å². The lowest BCUT2D eigenvalue weighted by Crippen LogP contribution is -2.58. The Bertz CT molecular complexity index is 835. The third kappa shape index (κ3) is 3.65. The first-order chi connectivity index (χ1) is 12.0. The predicted molar refractivity (Wildman–Crippen MR) is 100 cm³/mol. The average molecular weight is 378 g/mol. The van der Waals surface area contributed by atoms with Gasteiger partial charge in [0.2, 0.25) is 0 Å². The fourth-order valence-corrected chi connectivity index (χ4v) is 6.91. The van der Waals surface area contributed by atoms with Crippen molar-refractivity contribution in [3.63, 3.8) is 0 Å². The molecule has 7 heteroatoms. The first-order valence-corrected chi connectivity index (χ1v) is 11.3. The summed E-state index contributed by atoms with van der Waals surface area (Å²) >= 11 is 1.77. The van der Waals surface area contributed by atoms with Gasteiger partial charge in [-0.3, -0.25) is 14.8 Å². The zero-order chi connectivity index (χ0) is 17.4. The number of hydrogen-bond acceptors (Lipinski definition) is 6. The van der Waals surface area contributed by atoms with Crippen molar-refractivity contribution in [3.05, 3.63) is 52.0 Å². The van der Waals surface area contributed by atoms with Crippen molar-refractivity contribution in [1.29, 1.82) is 0 Å². The summed E-state index contributed by atoms with van der Waals surface area (Å²) in [5.41, 5.74) is 2.31. The van der Waals surface area contributed by atoms with Crippen molar-refractivity contribution >= 4 is 21.2 Å². The minimum atomic E-state index is -2.98. The second-order valence-corrected chi connectivity index (χ2v) is 10.2. The molecule has 0 spiro atoms. The number of nitrogens with zero attached hydrogens (tertiary/aromatic N) is 3. The van der Waals surface area contributed by atoms with E-state index in [1.807, 2.05) is 18.2 Å². The van der Waals surface area contributed by atoms with Crippen molar-refractivity contribution in [2.45, 2.75) is 32.1 Å². The smallest absolute Gasteiger partial charge is 0.153 e. The number of thiophene rings is 1. The molecule has 2 aliphatic rings. The molecule has 134 valence electrons. The molecule has 0 amide bonds. The Balaban J connectivity index is 1.54. The van der Waals surface area contributed by atoms with E-state index in [-0.39, 0.29) is 23.6 Å². The van der Waals surface area contributed by atoms with Crippen LogP contribution in [0, 0.1) is 6.92 Å². The monoisotopic (exact) mass is 377 g/mol. The predicted octanol–water partition coefficient (Wildman–Crippen LogP) is 1.93. The quantitative estimate of drug-likeness (QED) is 0.815. The molecule has 5 nitrogen and oxygen atoms in total. The minimum Gasteiger partial charge on any atom is -0.291 e. The van der Waals surface area contributed by atoms with E-state index in [4.69, 9.17) is 0 Å². The van der Waals surface area contributed by atoms with Gasteiger partial charge in [-0.1, -0.05) is 6.07 Å². The number of aryl methyl sites for hydroxylation is 1. The van der Waals surface area contributed by atoms with Gasteiger partial charge in [0.05, 0.1) is 17.2 Å². The maximum absolute atomic E-state index is 12.3. The van der Waals surface area contributed by atoms with Crippen molar-refractivity contribution in [2.24, 2.45) is 0 Å². The highest BCUT2D eigenvalue weighted by atomic mass is 32.2. The van der Waals surface area contributed by atoms with Gasteiger partial charge in [-0.15, -0.1) is 11.3 Å². The summed E-state index contributed by atoms with van der Waals surface area (Å²) in [6.45, 7) is 5.51. The molecule has 0 aliphatic carbocycles. The van der Waals surface area contributed by atoms with Crippen LogP contribution in [0.4, 0.5) is 0 Å². The Kier molecular flexibility index (Phi) is 4.66. The summed E-state index contributed by atoms with van der Waals surface area (Å²) in [7, 11) is -2.98. The van der Waals surface area contributed by atoms with Crippen LogP contribution in [0.5, 0.6) is 0 Å². The zero-order valence-corrected chi connectivity index (χ0v) is 16.0. The summed E-state index contributed by atoms with van der Waals surface area (Å²) in [5.74, 6) is 0.547. The summed E-state index contributed by atoms with van der Waals surface area (Å²) in [6, 6.07) is 8.21. The van der Waals surface area contributed by atoms with Crippen LogP contribution in [-0.2, 0) is 22.9 Å². The summed E-state index contributed by atoms with van der Waals surface area (Å²) < 4.78 is 24.7. The molecule has 2 atom stereocenters. The standard InChI is InChI=1S/C18H23N3O2S2/c1-14-5-9-24-18(14)11-21-8-7-20(10-15-4-2-3-6-19-15)16-12-25(22,23)13-17(16)21/h2-6,9,16-17H,7-8,10-13H2,1H3/t16-,17+/m1/s1. The first-order valence-electron chi connectivity index (χ1n) is 8.63. The molecule has 0 unspecified atom stereocenters. The molecule has 0 radical (unpaired) electrons. The number of pyridine rings is 1. The molecule has 2 fully saturated rings. The van der Waals surface area contributed by atoms with Crippen LogP contribution in [0.25, 0.3) is 0 Å². The lowest BCUT2D eigenvalue weighted by atomic mass is 10.0. The Hall–Kier alpha value is -1.28. The maximum Gasteiger partial charge on any atom is 0.153 e. The molecule has 0 saturated carbocycles. The van der Waals surface area contributed by atoms with Gasteiger partial charge in [-0.2, -0.15) is 0 Å². The van der Waals surface area contributed by atoms with Crippen molar-refractivity contribution in [3.8, 4) is 0 Å². The second-order valence-electron chi connectivity index (χ2n) is 7.00. The number of piperazine rings is 1. The van der Waals surface area contributed by atoms with Crippen LogP contribution in [-0.4, -0.2) is 59.9 Å². The molecule has 4 heterocycles. The molecule has 2 saturated heterocycles. The fraction of sp³-hybridized carbons (Fsp3) is 0.500. The van der Waals surface area contributed by atoms with Crippen LogP contribution >= 0.6 is 11.3 Å². The van der Waals surface area contributed by atoms with Gasteiger partial charge in [0.25, 0.3) is 0 Å². The van der Waals surface area contributed by atoms with Gasteiger partial charge in [0, 0.05) is 49.3 Å². The molecule has 4 rings (SSSR count). The number of hydrogen-bond donors (Lipinski definition) is 0. The van der Waals surface area contributed by atoms with E-state index in [0.29, 0.717) is 0 Å². The lowest BCUT2D eigenvalue weighted by molar-refractivity contribution is 0.0353. The molecule has 25 heavy (non-hydrogen) atoms. The fourth-order valence-electron chi connectivity index (χ4n) is 3.94. The number of sulfone groups is 1. The summed E-state index contributed by atoms with van der Waals surface area (Å²) in [4.78, 5) is 10.5. The van der Waals surface area contributed by atoms with Crippen molar-refractivity contribution < 1.29 is 8.42 Å². The van der Waals surface area contributed by atoms with Gasteiger partial charge in [0.15, 0.2) is 9.84 Å². The molecule has 2 aliphatic heterocycles. The average Bonchev–Trinajstić information content (AvgIpc) is 3.13. The van der Waals surface area contributed by atoms with Crippen LogP contribution in [0.1, 0.15) is 16.1 Å². The number of fused-ring (bicyclic) bond motifs is 1. The normalized spacial score (nSPS) is 26.6. The number of rotatable bonds is 4. The lowest BCUT2D eigenvalue weighted by Gasteiger charge is -2.43. The highest BCUT2D eigenvalue weighted by Crippen LogP contribution is 2.30. The third-order valence-corrected chi connectivity index (χ3v) is 8.02. The first kappa shape index (κ1) is 17.1. The van der Waals surface area contributed by atoms with E-state index in [9.17, 15) is 8.42 Å². The second kappa shape index (κ2) is 6.79. The molecule has 0 bridgehead atoms. The highest BCUT2D eigenvalue weighted by Gasteiger charge is 2.46. The van der Waals surface area contributed by atoms with E-state index < -0.39 is 9.84 Å². The van der Waals surface area contributed by atoms with E-state index in [1.54, 1.807) is 17.5 Å². The SMILES string of the molecule is Cc1ccsc1CN1CCN(Cc2ccccn2)[C@@H]2CS(=O)(=O)C[C@@H]21. The van der Waals surface area contributed by atoms with Gasteiger partial charge in [-0.25, -0.2) is 8.42 Å². The molecular formula is C18H23N3O2S2. The van der Waals surface area contributed by atoms with Crippen molar-refractivity contribution in [1.82, 2.24) is 14.8 Å². The van der Waals surface area contributed by atoms with Crippen molar-refractivity contribution in [2.75, 3.05) is 24.6 Å². The van der Waals surface area contributed by atoms with Crippen LogP contribution in [0.2, 0.25) is 0 Å². The topological polar surface area (TPSA) is 53.5 Å². The van der Waals surface area contributed by atoms with E-state index >= 15 is 0 Å². The third-order valence-electron chi connectivity index (χ3n) is 5.31. The molecule has 0 aromatic carbocycles. The van der Waals surface area contributed by atoms with Crippen LogP contribution < -0.4 is 0 Å². The number of aromatic nitrogens is 1. The van der Waals surface area contributed by atoms with Crippen LogP contribution in [0.3, 0.4) is 0 Å². The largest absolute Gasteiger partial charge is 0.291 e. The van der Waals surface area contributed by atoms with E-state index in [0.717, 1.165) is 31.9 Å². The van der Waals surface area contributed by atoms with Gasteiger partial charge < -0.3 is 0 Å². The summed E-state index contributed by atoms with van der Waals surface area (Å²) in [5, 5.41) is 2.12. The Morgan fingerprint density at radius 1 is 1.12 bits per heavy atom. The molecule has 2 aromatic heterocycles. The Morgan fingerprint density at radius 2 is 1.84 bits per heavy atom. The minimum absolute atomic E-state index is 0.0704. The Morgan fingerprint density at radius 3 is 2.44 bits per heavy atom. The zero-order valence-electron chi connectivity index (χ0n) is 14.3. The molecular weight excluding hydrogens is 354 g/mol. The molecule has 2 aromatic rings. The molecule has 0 N–H and O–H groups in total. The van der Waals surface area contributed by atoms with Gasteiger partial charge >= 0.3 is 0 Å². The van der Waals surface area contributed by atoms with E-state index in [2.05, 4.69) is 33.2 Å².